The normalized spacial score (nSPS) is 23.8. The Morgan fingerprint density at radius 3 is 2.52 bits per heavy atom. The van der Waals surface area contributed by atoms with Crippen LogP contribution in [-0.4, -0.2) is 53.0 Å². The number of anilines is 1. The van der Waals surface area contributed by atoms with E-state index in [-0.39, 0.29) is 10.9 Å². The Morgan fingerprint density at radius 1 is 1.44 bits per heavy atom. The summed E-state index contributed by atoms with van der Waals surface area (Å²) >= 11 is 0. The second-order valence-electron chi connectivity index (χ2n) is 8.10. The van der Waals surface area contributed by atoms with Crippen LogP contribution in [0.4, 0.5) is 5.82 Å². The van der Waals surface area contributed by atoms with Gasteiger partial charge in [-0.05, 0) is 24.2 Å². The quantitative estimate of drug-likeness (QED) is 0.657. The molecule has 25 heavy (non-hydrogen) atoms. The second-order valence-corrected chi connectivity index (χ2v) is 12.9. The third-order valence-corrected chi connectivity index (χ3v) is 9.80. The molecule has 0 spiro atoms. The molecule has 9 heteroatoms. The lowest BCUT2D eigenvalue weighted by molar-refractivity contribution is -0.147. The van der Waals surface area contributed by atoms with Crippen LogP contribution in [0.1, 0.15) is 33.4 Å². The third-order valence-electron chi connectivity index (χ3n) is 5.31. The predicted molar refractivity (Wildman–Crippen MR) is 96.6 cm³/mol. The average molecular weight is 372 g/mol. The Hall–Kier alpha value is -1.26. The zero-order valence-corrected chi connectivity index (χ0v) is 16.5. The topological polar surface area (TPSA) is 120 Å². The zero-order chi connectivity index (χ0) is 19.0. The van der Waals surface area contributed by atoms with Gasteiger partial charge < -0.3 is 25.1 Å². The lowest BCUT2D eigenvalue weighted by Gasteiger charge is -2.42. The Morgan fingerprint density at radius 2 is 2.04 bits per heavy atom. The van der Waals surface area contributed by atoms with Crippen molar-refractivity contribution in [3.8, 4) is 0 Å². The number of nitrogen functional groups attached to an aromatic ring is 1. The predicted octanol–water partition coefficient (Wildman–Crippen LogP) is 0.858. The van der Waals surface area contributed by atoms with E-state index in [9.17, 15) is 15.0 Å². The molecule has 1 aromatic rings. The van der Waals surface area contributed by atoms with Crippen molar-refractivity contribution in [2.75, 3.05) is 18.9 Å². The van der Waals surface area contributed by atoms with Crippen LogP contribution in [0.15, 0.2) is 17.1 Å². The maximum Gasteiger partial charge on any atom is 0.351 e. The molecule has 1 aliphatic heterocycles. The van der Waals surface area contributed by atoms with Crippen LogP contribution in [-0.2, 0) is 9.16 Å². The maximum absolute atomic E-state index is 12.1. The summed E-state index contributed by atoms with van der Waals surface area (Å²) in [7, 11) is -2.17. The van der Waals surface area contributed by atoms with Gasteiger partial charge in [0.25, 0.3) is 0 Å². The number of rotatable bonds is 5. The van der Waals surface area contributed by atoms with Gasteiger partial charge in [0.15, 0.2) is 8.32 Å². The standard InChI is InChI=1S/C16H29N3O5Si/c1-15(2,3)25(4,5)24-11-8-13(23-16(11,9-20)10-21)19-7-6-12(17)18-14(19)22/h6-7,11,13,20-21H,8-10H2,1-5H3,(H2,17,18,22)/t11?,13-/m1/s1. The number of aromatic nitrogens is 2. The highest BCUT2D eigenvalue weighted by molar-refractivity contribution is 6.74. The number of ether oxygens (including phenoxy) is 1. The molecular formula is C16H29N3O5Si. The molecule has 8 nitrogen and oxygen atoms in total. The maximum atomic E-state index is 12.1. The van der Waals surface area contributed by atoms with Crippen molar-refractivity contribution in [2.24, 2.45) is 0 Å². The van der Waals surface area contributed by atoms with Crippen LogP contribution in [0.2, 0.25) is 18.1 Å². The smallest absolute Gasteiger partial charge is 0.351 e. The first-order valence-electron chi connectivity index (χ1n) is 8.38. The summed E-state index contributed by atoms with van der Waals surface area (Å²) in [5.41, 5.74) is 3.72. The molecule has 1 unspecified atom stereocenters. The van der Waals surface area contributed by atoms with Gasteiger partial charge in [-0.15, -0.1) is 0 Å². The largest absolute Gasteiger partial charge is 0.411 e. The fraction of sp³-hybridized carbons (Fsp3) is 0.750. The van der Waals surface area contributed by atoms with Crippen molar-refractivity contribution in [3.05, 3.63) is 22.7 Å². The minimum absolute atomic E-state index is 0.0403. The first kappa shape index (κ1) is 20.1. The number of aliphatic hydroxyl groups excluding tert-OH is 2. The summed E-state index contributed by atoms with van der Waals surface area (Å²) in [6.07, 6.45) is 0.621. The molecule has 2 heterocycles. The summed E-state index contributed by atoms with van der Waals surface area (Å²) in [6.45, 7) is 9.71. The summed E-state index contributed by atoms with van der Waals surface area (Å²) < 4.78 is 13.6. The molecule has 2 atom stereocenters. The lowest BCUT2D eigenvalue weighted by Crippen LogP contribution is -2.54. The molecule has 0 radical (unpaired) electrons. The fourth-order valence-electron chi connectivity index (χ4n) is 2.62. The molecule has 1 aliphatic rings. The van der Waals surface area contributed by atoms with E-state index in [2.05, 4.69) is 38.8 Å². The highest BCUT2D eigenvalue weighted by Gasteiger charge is 2.53. The highest BCUT2D eigenvalue weighted by atomic mass is 28.4. The monoisotopic (exact) mass is 371 g/mol. The minimum atomic E-state index is -2.17. The molecular weight excluding hydrogens is 342 g/mol. The number of nitrogens with two attached hydrogens (primary N) is 1. The molecule has 0 amide bonds. The van der Waals surface area contributed by atoms with E-state index in [0.29, 0.717) is 6.42 Å². The van der Waals surface area contributed by atoms with E-state index >= 15 is 0 Å². The molecule has 1 aromatic heterocycles. The summed E-state index contributed by atoms with van der Waals surface area (Å²) in [6, 6.07) is 1.51. The van der Waals surface area contributed by atoms with E-state index in [4.69, 9.17) is 14.9 Å². The van der Waals surface area contributed by atoms with E-state index in [1.54, 1.807) is 0 Å². The van der Waals surface area contributed by atoms with Gasteiger partial charge in [0.2, 0.25) is 0 Å². The van der Waals surface area contributed by atoms with Crippen LogP contribution in [0.5, 0.6) is 0 Å². The van der Waals surface area contributed by atoms with Crippen LogP contribution < -0.4 is 11.4 Å². The highest BCUT2D eigenvalue weighted by Crippen LogP contribution is 2.44. The van der Waals surface area contributed by atoms with Crippen molar-refractivity contribution >= 4 is 14.1 Å². The van der Waals surface area contributed by atoms with Crippen molar-refractivity contribution in [2.45, 2.75) is 63.3 Å². The Bertz CT molecular complexity index is 666. The number of aliphatic hydroxyl groups is 2. The van der Waals surface area contributed by atoms with Gasteiger partial charge in [-0.25, -0.2) is 4.79 Å². The molecule has 0 bridgehead atoms. The third kappa shape index (κ3) is 3.80. The van der Waals surface area contributed by atoms with Gasteiger partial charge >= 0.3 is 5.69 Å². The number of hydrogen-bond acceptors (Lipinski definition) is 7. The van der Waals surface area contributed by atoms with Crippen molar-refractivity contribution in [1.82, 2.24) is 9.55 Å². The first-order chi connectivity index (χ1) is 11.5. The van der Waals surface area contributed by atoms with E-state index < -0.39 is 45.2 Å². The molecule has 142 valence electrons. The van der Waals surface area contributed by atoms with Crippen LogP contribution in [0.25, 0.3) is 0 Å². The van der Waals surface area contributed by atoms with E-state index in [1.165, 1.54) is 16.8 Å². The summed E-state index contributed by atoms with van der Waals surface area (Å²) in [5, 5.41) is 19.7. The van der Waals surface area contributed by atoms with Gasteiger partial charge in [0.1, 0.15) is 17.6 Å². The van der Waals surface area contributed by atoms with Gasteiger partial charge in [0.05, 0.1) is 19.3 Å². The molecule has 0 aliphatic carbocycles. The average Bonchev–Trinajstić information content (AvgIpc) is 2.84. The van der Waals surface area contributed by atoms with Crippen molar-refractivity contribution in [3.63, 3.8) is 0 Å². The molecule has 4 N–H and O–H groups in total. The minimum Gasteiger partial charge on any atom is -0.411 e. The first-order valence-corrected chi connectivity index (χ1v) is 11.3. The molecule has 2 rings (SSSR count). The van der Waals surface area contributed by atoms with Crippen molar-refractivity contribution < 1.29 is 19.4 Å². The van der Waals surface area contributed by atoms with Gasteiger partial charge in [-0.2, -0.15) is 4.98 Å². The number of nitrogens with zero attached hydrogens (tertiary/aromatic N) is 2. The summed E-state index contributed by atoms with van der Waals surface area (Å²) in [5.74, 6) is 0.129. The van der Waals surface area contributed by atoms with Crippen molar-refractivity contribution in [1.29, 1.82) is 0 Å². The van der Waals surface area contributed by atoms with Crippen LogP contribution in [0.3, 0.4) is 0 Å². The Kier molecular flexibility index (Phi) is 5.46. The second kappa shape index (κ2) is 6.80. The lowest BCUT2D eigenvalue weighted by atomic mass is 9.99. The molecule has 1 fully saturated rings. The van der Waals surface area contributed by atoms with Gasteiger partial charge in [-0.1, -0.05) is 20.8 Å². The summed E-state index contributed by atoms with van der Waals surface area (Å²) in [4.78, 5) is 15.8. The fourth-order valence-corrected chi connectivity index (χ4v) is 4.00. The zero-order valence-electron chi connectivity index (χ0n) is 15.5. The molecule has 1 saturated heterocycles. The van der Waals surface area contributed by atoms with Crippen LogP contribution in [0, 0.1) is 0 Å². The number of hydrogen-bond donors (Lipinski definition) is 3. The van der Waals surface area contributed by atoms with Crippen LogP contribution >= 0.6 is 0 Å². The Balaban J connectivity index is 2.34. The molecule has 0 saturated carbocycles. The Labute approximate surface area is 148 Å². The van der Waals surface area contributed by atoms with Gasteiger partial charge in [0, 0.05) is 12.6 Å². The SMILES string of the molecule is CC(C)(C)[Si](C)(C)OC1C[C@H](n2ccc(N)nc2=O)OC1(CO)CO. The van der Waals surface area contributed by atoms with E-state index in [0.717, 1.165) is 0 Å². The van der Waals surface area contributed by atoms with E-state index in [1.807, 2.05) is 0 Å². The van der Waals surface area contributed by atoms with Gasteiger partial charge in [-0.3, -0.25) is 4.57 Å². The molecule has 0 aromatic carbocycles.